The van der Waals surface area contributed by atoms with Gasteiger partial charge < -0.3 is 5.73 Å². The van der Waals surface area contributed by atoms with Crippen LogP contribution in [0.5, 0.6) is 0 Å². The van der Waals surface area contributed by atoms with Crippen LogP contribution in [0.3, 0.4) is 0 Å². The van der Waals surface area contributed by atoms with Crippen molar-refractivity contribution >= 4 is 12.2 Å². The van der Waals surface area contributed by atoms with E-state index >= 15 is 0 Å². The zero-order chi connectivity index (χ0) is 13.1. The summed E-state index contributed by atoms with van der Waals surface area (Å²) in [5.41, 5.74) is 6.22. The summed E-state index contributed by atoms with van der Waals surface area (Å²) < 4.78 is 13.0. The van der Waals surface area contributed by atoms with Gasteiger partial charge in [0.05, 0.1) is 0 Å². The second-order valence-corrected chi connectivity index (χ2v) is 3.12. The van der Waals surface area contributed by atoms with Crippen molar-refractivity contribution in [1.82, 2.24) is 0 Å². The van der Waals surface area contributed by atoms with Gasteiger partial charge in [-0.2, -0.15) is 0 Å². The van der Waals surface area contributed by atoms with E-state index in [1.807, 2.05) is 0 Å². The normalized spacial score (nSPS) is 14.1. The van der Waals surface area contributed by atoms with Crippen molar-refractivity contribution in [3.63, 3.8) is 0 Å². The lowest BCUT2D eigenvalue weighted by Crippen LogP contribution is -2.07. The highest BCUT2D eigenvalue weighted by molar-refractivity contribution is 5.86. The molecule has 92 valence electrons. The molecule has 0 aliphatic carbocycles. The second-order valence-electron chi connectivity index (χ2n) is 3.12. The van der Waals surface area contributed by atoms with Crippen LogP contribution >= 0.6 is 0 Å². The Bertz CT molecular complexity index is 376. The third-order valence-electron chi connectivity index (χ3n) is 1.87. The molecule has 0 aromatic heterocycles. The molecule has 0 radical (unpaired) electrons. The molecule has 0 aromatic rings. The Morgan fingerprint density at radius 1 is 1.41 bits per heavy atom. The van der Waals surface area contributed by atoms with Crippen LogP contribution in [0, 0.1) is 0 Å². The number of hydrogen-bond acceptors (Lipinski definition) is 1. The molecular weight excluding hydrogens is 217 g/mol. The van der Waals surface area contributed by atoms with E-state index in [9.17, 15) is 4.39 Å². The van der Waals surface area contributed by atoms with Crippen molar-refractivity contribution < 1.29 is 4.39 Å². The fourth-order valence-electron chi connectivity index (χ4n) is 1.01. The highest BCUT2D eigenvalue weighted by atomic mass is 19.1. The van der Waals surface area contributed by atoms with Gasteiger partial charge in [0, 0.05) is 12.4 Å². The molecule has 0 aromatic carbocycles. The Balaban J connectivity index is 4.27. The second kappa shape index (κ2) is 9.27. The van der Waals surface area contributed by atoms with Gasteiger partial charge in [0.2, 0.25) is 5.96 Å². The van der Waals surface area contributed by atoms with Gasteiger partial charge in [-0.05, 0) is 31.4 Å². The topological polar surface area (TPSA) is 50.7 Å². The van der Waals surface area contributed by atoms with Crippen LogP contribution in [0.4, 0.5) is 4.39 Å². The lowest BCUT2D eigenvalue weighted by atomic mass is 10.1. The van der Waals surface area contributed by atoms with E-state index < -0.39 is 0 Å². The molecule has 2 N–H and O–H groups in total. The molecule has 0 heterocycles. The van der Waals surface area contributed by atoms with Gasteiger partial charge in [0.1, 0.15) is 5.83 Å². The van der Waals surface area contributed by atoms with Crippen molar-refractivity contribution in [3.05, 3.63) is 49.0 Å². The first-order valence-corrected chi connectivity index (χ1v) is 5.25. The summed E-state index contributed by atoms with van der Waals surface area (Å²) in [4.78, 5) is 7.56. The number of allylic oxidation sites excluding steroid dienone is 5. The number of halogens is 1. The molecule has 4 heteroatoms. The maximum absolute atomic E-state index is 13.0. The van der Waals surface area contributed by atoms with E-state index in [-0.39, 0.29) is 11.8 Å². The van der Waals surface area contributed by atoms with Gasteiger partial charge in [-0.1, -0.05) is 25.3 Å². The SMILES string of the molecule is C=CN=C(N)/N=C\CC/C(C=C)=C/C(F)=C\C. The van der Waals surface area contributed by atoms with E-state index in [0.717, 1.165) is 5.57 Å². The summed E-state index contributed by atoms with van der Waals surface area (Å²) in [5, 5.41) is 0. The zero-order valence-corrected chi connectivity index (χ0v) is 10.1. The van der Waals surface area contributed by atoms with E-state index in [4.69, 9.17) is 5.73 Å². The maximum atomic E-state index is 13.0. The zero-order valence-electron chi connectivity index (χ0n) is 10.1. The number of nitrogens with two attached hydrogens (primary N) is 1. The average Bonchev–Trinajstić information content (AvgIpc) is 2.33. The lowest BCUT2D eigenvalue weighted by Gasteiger charge is -1.97. The number of hydrogen-bond donors (Lipinski definition) is 1. The number of guanidine groups is 1. The molecule has 0 unspecified atom stereocenters. The fourth-order valence-corrected chi connectivity index (χ4v) is 1.01. The first-order chi connectivity index (χ1) is 8.13. The molecule has 0 atom stereocenters. The summed E-state index contributed by atoms with van der Waals surface area (Å²) in [6.45, 7) is 8.66. The van der Waals surface area contributed by atoms with E-state index in [1.54, 1.807) is 19.2 Å². The van der Waals surface area contributed by atoms with Crippen LogP contribution in [0.15, 0.2) is 59.0 Å². The standard InChI is InChI=1S/C13H18FN3/c1-4-11(10-12(14)5-2)8-7-9-17-13(15)16-6-3/h4-6,9-10H,1,3,7-8H2,2H3,(H2,15,16)/b11-10+,12-5+,17-9-. The molecule has 0 saturated heterocycles. The van der Waals surface area contributed by atoms with Crippen LogP contribution in [0.1, 0.15) is 19.8 Å². The van der Waals surface area contributed by atoms with Crippen molar-refractivity contribution in [3.8, 4) is 0 Å². The summed E-state index contributed by atoms with van der Waals surface area (Å²) in [6.07, 6.45) is 8.71. The van der Waals surface area contributed by atoms with Crippen LogP contribution in [0.25, 0.3) is 0 Å². The summed E-state index contributed by atoms with van der Waals surface area (Å²) in [6, 6.07) is 0. The predicted molar refractivity (Wildman–Crippen MR) is 72.7 cm³/mol. The van der Waals surface area contributed by atoms with Crippen LogP contribution in [0.2, 0.25) is 0 Å². The Labute approximate surface area is 102 Å². The highest BCUT2D eigenvalue weighted by Crippen LogP contribution is 2.10. The first-order valence-electron chi connectivity index (χ1n) is 5.25. The highest BCUT2D eigenvalue weighted by Gasteiger charge is 1.93. The van der Waals surface area contributed by atoms with Crippen LogP contribution < -0.4 is 5.73 Å². The molecule has 3 nitrogen and oxygen atoms in total. The van der Waals surface area contributed by atoms with Gasteiger partial charge in [-0.3, -0.25) is 0 Å². The Morgan fingerprint density at radius 3 is 2.65 bits per heavy atom. The molecule has 0 spiro atoms. The molecule has 0 aliphatic rings. The minimum Gasteiger partial charge on any atom is -0.368 e. The Morgan fingerprint density at radius 2 is 2.12 bits per heavy atom. The van der Waals surface area contributed by atoms with E-state index in [2.05, 4.69) is 23.1 Å². The Kier molecular flexibility index (Phi) is 8.20. The molecule has 0 bridgehead atoms. The summed E-state index contributed by atoms with van der Waals surface area (Å²) in [7, 11) is 0. The molecule has 0 fully saturated rings. The quantitative estimate of drug-likeness (QED) is 0.428. The maximum Gasteiger partial charge on any atom is 0.219 e. The van der Waals surface area contributed by atoms with Gasteiger partial charge in [-0.15, -0.1) is 0 Å². The largest absolute Gasteiger partial charge is 0.368 e. The van der Waals surface area contributed by atoms with Crippen LogP contribution in [-0.2, 0) is 0 Å². The van der Waals surface area contributed by atoms with Crippen molar-refractivity contribution in [2.45, 2.75) is 19.8 Å². The number of rotatable bonds is 6. The van der Waals surface area contributed by atoms with Crippen molar-refractivity contribution in [2.24, 2.45) is 15.7 Å². The molecule has 0 amide bonds. The van der Waals surface area contributed by atoms with E-state index in [1.165, 1.54) is 18.4 Å². The minimum absolute atomic E-state index is 0.156. The summed E-state index contributed by atoms with van der Waals surface area (Å²) in [5.74, 6) is -0.117. The third-order valence-corrected chi connectivity index (χ3v) is 1.87. The average molecular weight is 235 g/mol. The molecular formula is C13H18FN3. The van der Waals surface area contributed by atoms with Crippen LogP contribution in [-0.4, -0.2) is 12.2 Å². The summed E-state index contributed by atoms with van der Waals surface area (Å²) >= 11 is 0. The lowest BCUT2D eigenvalue weighted by molar-refractivity contribution is 0.662. The van der Waals surface area contributed by atoms with Crippen molar-refractivity contribution in [2.75, 3.05) is 0 Å². The number of aliphatic imine (C=N–C) groups is 2. The van der Waals surface area contributed by atoms with E-state index in [0.29, 0.717) is 12.8 Å². The predicted octanol–water partition coefficient (Wildman–Crippen LogP) is 3.28. The van der Waals surface area contributed by atoms with Gasteiger partial charge in [0.15, 0.2) is 0 Å². The smallest absolute Gasteiger partial charge is 0.219 e. The van der Waals surface area contributed by atoms with Gasteiger partial charge in [-0.25, -0.2) is 14.4 Å². The molecule has 0 saturated carbocycles. The third kappa shape index (κ3) is 7.90. The van der Waals surface area contributed by atoms with Crippen molar-refractivity contribution in [1.29, 1.82) is 0 Å². The van der Waals surface area contributed by atoms with Gasteiger partial charge in [0.25, 0.3) is 0 Å². The minimum atomic E-state index is -0.274. The first kappa shape index (κ1) is 15.0. The Hall–Kier alpha value is -1.97. The molecule has 0 aliphatic heterocycles. The number of nitrogens with zero attached hydrogens (tertiary/aromatic N) is 2. The monoisotopic (exact) mass is 235 g/mol. The fraction of sp³-hybridized carbons (Fsp3) is 0.231. The molecule has 17 heavy (non-hydrogen) atoms. The van der Waals surface area contributed by atoms with Gasteiger partial charge >= 0.3 is 0 Å². The molecule has 0 rings (SSSR count).